The van der Waals surface area contributed by atoms with Crippen molar-refractivity contribution in [3.63, 3.8) is 0 Å². The molecule has 2 N–H and O–H groups in total. The Balaban J connectivity index is 1.26. The Bertz CT molecular complexity index is 1090. The summed E-state index contributed by atoms with van der Waals surface area (Å²) in [6.07, 6.45) is 1.84. The molecule has 3 heterocycles. The van der Waals surface area contributed by atoms with Crippen LogP contribution in [0.1, 0.15) is 49.2 Å². The highest BCUT2D eigenvalue weighted by Crippen LogP contribution is 2.45. The van der Waals surface area contributed by atoms with Crippen molar-refractivity contribution in [3.05, 3.63) is 35.5 Å². The zero-order chi connectivity index (χ0) is 25.8. The second-order valence-corrected chi connectivity index (χ2v) is 9.99. The molecule has 200 valence electrons. The van der Waals surface area contributed by atoms with Crippen LogP contribution < -0.4 is 15.5 Å². The topological polar surface area (TPSA) is 85.9 Å². The average Bonchev–Trinajstić information content (AvgIpc) is 3.74. The number of carbonyl (C=O) groups excluding carboxylic acids is 1. The first-order chi connectivity index (χ1) is 18.0. The van der Waals surface area contributed by atoms with E-state index in [4.69, 9.17) is 4.74 Å². The molecule has 1 aromatic carbocycles. The normalized spacial score (nSPS) is 18.8. The number of hydrogen-bond donors (Lipinski definition) is 2. The van der Waals surface area contributed by atoms with Crippen LogP contribution in [0.5, 0.6) is 0 Å². The number of nitrogens with one attached hydrogen (secondary N) is 2. The van der Waals surface area contributed by atoms with E-state index in [-0.39, 0.29) is 23.4 Å². The minimum absolute atomic E-state index is 0.107. The van der Waals surface area contributed by atoms with Gasteiger partial charge in [0.1, 0.15) is 5.82 Å². The van der Waals surface area contributed by atoms with Gasteiger partial charge in [0.05, 0.1) is 12.2 Å². The Morgan fingerprint density at radius 2 is 1.97 bits per heavy atom. The molecule has 11 heteroatoms. The number of likely N-dealkylation sites (N-methyl/N-ethyl adjacent to an activating group) is 1. The smallest absolute Gasteiger partial charge is 0.409 e. The van der Waals surface area contributed by atoms with Crippen molar-refractivity contribution in [3.8, 4) is 0 Å². The minimum atomic E-state index is -2.70. The van der Waals surface area contributed by atoms with Gasteiger partial charge in [0.2, 0.25) is 5.95 Å². The van der Waals surface area contributed by atoms with Gasteiger partial charge in [-0.15, -0.1) is 0 Å². The molecule has 2 aromatic rings. The van der Waals surface area contributed by atoms with E-state index in [0.29, 0.717) is 38.6 Å². The number of benzene rings is 1. The van der Waals surface area contributed by atoms with Crippen LogP contribution in [0.3, 0.4) is 0 Å². The van der Waals surface area contributed by atoms with Crippen molar-refractivity contribution in [1.82, 2.24) is 19.8 Å². The van der Waals surface area contributed by atoms with Gasteiger partial charge in [0.15, 0.2) is 0 Å². The first-order valence-electron chi connectivity index (χ1n) is 13.1. The fraction of sp³-hybridized carbons (Fsp3) is 0.577. The molecule has 1 amide bonds. The maximum atomic E-state index is 13.6. The molecular formula is C26H35F2N7O2. The van der Waals surface area contributed by atoms with Gasteiger partial charge in [-0.3, -0.25) is 0 Å². The van der Waals surface area contributed by atoms with Crippen LogP contribution in [-0.2, 0) is 4.74 Å². The third kappa shape index (κ3) is 6.38. The van der Waals surface area contributed by atoms with Crippen molar-refractivity contribution in [1.29, 1.82) is 0 Å². The predicted octanol–water partition coefficient (Wildman–Crippen LogP) is 4.43. The van der Waals surface area contributed by atoms with Crippen molar-refractivity contribution < 1.29 is 18.3 Å². The van der Waals surface area contributed by atoms with Gasteiger partial charge < -0.3 is 30.1 Å². The van der Waals surface area contributed by atoms with Crippen LogP contribution in [0.2, 0.25) is 0 Å². The number of amides is 1. The summed E-state index contributed by atoms with van der Waals surface area (Å²) < 4.78 is 32.3. The van der Waals surface area contributed by atoms with Crippen molar-refractivity contribution in [2.24, 2.45) is 0 Å². The zero-order valence-electron chi connectivity index (χ0n) is 21.3. The molecule has 1 aliphatic carbocycles. The van der Waals surface area contributed by atoms with E-state index in [0.717, 1.165) is 51.1 Å². The Morgan fingerprint density at radius 1 is 1.16 bits per heavy atom. The summed E-state index contributed by atoms with van der Waals surface area (Å²) >= 11 is 0. The Hall–Kier alpha value is -3.21. The predicted molar refractivity (Wildman–Crippen MR) is 139 cm³/mol. The summed E-state index contributed by atoms with van der Waals surface area (Å²) in [6, 6.07) is 6.41. The number of anilines is 4. The molecule has 2 aliphatic heterocycles. The summed E-state index contributed by atoms with van der Waals surface area (Å²) in [5.74, 6) is 0.880. The molecule has 3 aliphatic rings. The minimum Gasteiger partial charge on any atom is -0.449 e. The van der Waals surface area contributed by atoms with E-state index >= 15 is 0 Å². The SMILES string of the molecule is CN1CCN(c2ccc(Nc3ncc(C(F)F)c(NCCCN4CCCOC4=O)n3)c(C3CC3)c2)CC1. The number of halogens is 2. The van der Waals surface area contributed by atoms with Crippen LogP contribution in [0, 0.1) is 0 Å². The highest BCUT2D eigenvalue weighted by Gasteiger charge is 2.28. The molecule has 0 bridgehead atoms. The molecule has 0 radical (unpaired) electrons. The van der Waals surface area contributed by atoms with Gasteiger partial charge in [0.25, 0.3) is 6.43 Å². The van der Waals surface area contributed by atoms with Crippen molar-refractivity contribution >= 4 is 29.2 Å². The van der Waals surface area contributed by atoms with E-state index in [1.165, 1.54) is 17.4 Å². The first-order valence-corrected chi connectivity index (χ1v) is 13.1. The zero-order valence-corrected chi connectivity index (χ0v) is 21.3. The Morgan fingerprint density at radius 3 is 2.70 bits per heavy atom. The van der Waals surface area contributed by atoms with Gasteiger partial charge >= 0.3 is 6.09 Å². The average molecular weight is 516 g/mol. The van der Waals surface area contributed by atoms with Gasteiger partial charge in [0, 0.05) is 63.4 Å². The van der Waals surface area contributed by atoms with Crippen LogP contribution >= 0.6 is 0 Å². The van der Waals surface area contributed by atoms with Gasteiger partial charge in [-0.2, -0.15) is 4.98 Å². The second-order valence-electron chi connectivity index (χ2n) is 9.99. The monoisotopic (exact) mass is 515 g/mol. The van der Waals surface area contributed by atoms with Crippen molar-refractivity contribution in [2.45, 2.75) is 38.0 Å². The number of cyclic esters (lactones) is 1. The summed E-state index contributed by atoms with van der Waals surface area (Å²) in [5, 5.41) is 6.30. The quantitative estimate of drug-likeness (QED) is 0.450. The number of ether oxygens (including phenoxy) is 1. The third-order valence-electron chi connectivity index (χ3n) is 7.17. The van der Waals surface area contributed by atoms with Gasteiger partial charge in [-0.25, -0.2) is 18.6 Å². The number of alkyl halides is 2. The number of piperazine rings is 1. The van der Waals surface area contributed by atoms with Crippen LogP contribution in [0.4, 0.5) is 36.7 Å². The maximum Gasteiger partial charge on any atom is 0.409 e. The number of aromatic nitrogens is 2. The molecule has 2 saturated heterocycles. The number of carbonyl (C=O) groups is 1. The molecule has 3 fully saturated rings. The lowest BCUT2D eigenvalue weighted by molar-refractivity contribution is 0.0729. The molecular weight excluding hydrogens is 480 g/mol. The Labute approximate surface area is 216 Å². The van der Waals surface area contributed by atoms with E-state index in [1.807, 2.05) is 0 Å². The molecule has 37 heavy (non-hydrogen) atoms. The molecule has 1 saturated carbocycles. The summed E-state index contributed by atoms with van der Waals surface area (Å²) in [4.78, 5) is 26.7. The maximum absolute atomic E-state index is 13.6. The molecule has 0 unspecified atom stereocenters. The lowest BCUT2D eigenvalue weighted by atomic mass is 10.1. The summed E-state index contributed by atoms with van der Waals surface area (Å²) in [7, 11) is 2.15. The third-order valence-corrected chi connectivity index (χ3v) is 7.17. The van der Waals surface area contributed by atoms with Gasteiger partial charge in [-0.05, 0) is 62.4 Å². The molecule has 9 nitrogen and oxygen atoms in total. The van der Waals surface area contributed by atoms with Crippen LogP contribution in [-0.4, -0.2) is 85.3 Å². The fourth-order valence-electron chi connectivity index (χ4n) is 4.81. The van der Waals surface area contributed by atoms with Crippen LogP contribution in [0.15, 0.2) is 24.4 Å². The van der Waals surface area contributed by atoms with Crippen molar-refractivity contribution in [2.75, 3.05) is 75.0 Å². The standard InChI is InChI=1S/C26H35F2N7O2/c1-33-11-13-34(14-12-33)19-6-7-22(20(16-19)18-4-5-18)31-25-30-17-21(23(27)28)24(32-25)29-8-2-9-35-10-3-15-37-26(35)36/h6-7,16-18,23H,2-5,8-15H2,1H3,(H2,29,30,31,32). The van der Waals surface area contributed by atoms with E-state index < -0.39 is 6.43 Å². The first kappa shape index (κ1) is 25.4. The van der Waals surface area contributed by atoms with E-state index in [1.54, 1.807) is 4.90 Å². The largest absolute Gasteiger partial charge is 0.449 e. The molecule has 0 atom stereocenters. The number of hydrogen-bond acceptors (Lipinski definition) is 8. The highest BCUT2D eigenvalue weighted by atomic mass is 19.3. The Kier molecular flexibility index (Phi) is 7.87. The lowest BCUT2D eigenvalue weighted by Gasteiger charge is -2.34. The van der Waals surface area contributed by atoms with Crippen LogP contribution in [0.25, 0.3) is 0 Å². The highest BCUT2D eigenvalue weighted by molar-refractivity contribution is 5.68. The molecule has 5 rings (SSSR count). The number of nitrogens with zero attached hydrogens (tertiary/aromatic N) is 5. The summed E-state index contributed by atoms with van der Waals surface area (Å²) in [5.41, 5.74) is 3.12. The molecule has 0 spiro atoms. The lowest BCUT2D eigenvalue weighted by Crippen LogP contribution is -2.44. The van der Waals surface area contributed by atoms with Gasteiger partial charge in [-0.1, -0.05) is 0 Å². The number of rotatable bonds is 10. The fourth-order valence-corrected chi connectivity index (χ4v) is 4.81. The molecule has 1 aromatic heterocycles. The van der Waals surface area contributed by atoms with E-state index in [2.05, 4.69) is 55.6 Å². The van der Waals surface area contributed by atoms with E-state index in [9.17, 15) is 13.6 Å². The second kappa shape index (κ2) is 11.5. The summed E-state index contributed by atoms with van der Waals surface area (Å²) in [6.45, 7) is 6.08.